The summed E-state index contributed by atoms with van der Waals surface area (Å²) in [6.45, 7) is 0. The van der Waals surface area contributed by atoms with Gasteiger partial charge in [-0.15, -0.1) is 23.5 Å². The molecule has 1 heterocycles. The SMILES string of the molecule is CSc1cc(C(=NO)c2ccc3ccccc3c2)cc(SC)n1. The van der Waals surface area contributed by atoms with Crippen LogP contribution in [0.1, 0.15) is 11.1 Å². The molecule has 3 rings (SSSR count). The van der Waals surface area contributed by atoms with Gasteiger partial charge in [0.2, 0.25) is 0 Å². The van der Waals surface area contributed by atoms with Crippen LogP contribution in [0.4, 0.5) is 0 Å². The molecule has 0 radical (unpaired) electrons. The molecular weight excluding hydrogens is 324 g/mol. The van der Waals surface area contributed by atoms with Gasteiger partial charge in [0.05, 0.1) is 10.1 Å². The number of hydrogen-bond donors (Lipinski definition) is 1. The van der Waals surface area contributed by atoms with Crippen molar-refractivity contribution in [2.75, 3.05) is 12.5 Å². The lowest BCUT2D eigenvalue weighted by Crippen LogP contribution is -2.05. The number of hydrogen-bond acceptors (Lipinski definition) is 5. The predicted octanol–water partition coefficient (Wildman–Crippen LogP) is 4.91. The Morgan fingerprint density at radius 1 is 0.870 bits per heavy atom. The maximum Gasteiger partial charge on any atom is 0.117 e. The average Bonchev–Trinajstić information content (AvgIpc) is 2.62. The molecule has 116 valence electrons. The topological polar surface area (TPSA) is 45.5 Å². The third kappa shape index (κ3) is 3.35. The van der Waals surface area contributed by atoms with Crippen LogP contribution in [0, 0.1) is 0 Å². The average molecular weight is 340 g/mol. The van der Waals surface area contributed by atoms with Gasteiger partial charge in [-0.25, -0.2) is 4.98 Å². The second-order valence-electron chi connectivity index (χ2n) is 4.95. The third-order valence-electron chi connectivity index (χ3n) is 3.59. The van der Waals surface area contributed by atoms with Crippen molar-refractivity contribution in [2.45, 2.75) is 10.1 Å². The molecule has 5 heteroatoms. The lowest BCUT2D eigenvalue weighted by molar-refractivity contribution is 0.319. The van der Waals surface area contributed by atoms with E-state index in [1.54, 1.807) is 23.5 Å². The zero-order chi connectivity index (χ0) is 16.2. The first-order valence-corrected chi connectivity index (χ1v) is 9.52. The third-order valence-corrected chi connectivity index (χ3v) is 4.85. The van der Waals surface area contributed by atoms with E-state index in [0.717, 1.165) is 32.0 Å². The monoisotopic (exact) mass is 340 g/mol. The predicted molar refractivity (Wildman–Crippen MR) is 99.2 cm³/mol. The first kappa shape index (κ1) is 15.9. The summed E-state index contributed by atoms with van der Waals surface area (Å²) in [5, 5.41) is 17.2. The number of rotatable bonds is 4. The molecule has 0 atom stereocenters. The van der Waals surface area contributed by atoms with Crippen LogP contribution in [0.25, 0.3) is 10.8 Å². The number of fused-ring (bicyclic) bond motifs is 1. The van der Waals surface area contributed by atoms with E-state index < -0.39 is 0 Å². The van der Waals surface area contributed by atoms with E-state index in [1.807, 2.05) is 55.0 Å². The second-order valence-corrected chi connectivity index (χ2v) is 6.60. The molecule has 23 heavy (non-hydrogen) atoms. The second kappa shape index (κ2) is 7.06. The molecule has 0 unspecified atom stereocenters. The summed E-state index contributed by atoms with van der Waals surface area (Å²) in [6.07, 6.45) is 3.98. The molecule has 1 aromatic heterocycles. The van der Waals surface area contributed by atoms with Gasteiger partial charge in [0.25, 0.3) is 0 Å². The highest BCUT2D eigenvalue weighted by molar-refractivity contribution is 7.99. The van der Waals surface area contributed by atoms with Crippen molar-refractivity contribution in [3.05, 3.63) is 65.7 Å². The molecule has 3 nitrogen and oxygen atoms in total. The molecule has 0 saturated carbocycles. The van der Waals surface area contributed by atoms with E-state index in [2.05, 4.69) is 22.3 Å². The standard InChI is InChI=1S/C18H16N2OS2/c1-22-16-10-15(11-17(19-16)23-2)18(20-21)14-8-7-12-5-3-4-6-13(12)9-14/h3-11,21H,1-2H3. The van der Waals surface area contributed by atoms with Gasteiger partial charge in [-0.2, -0.15) is 0 Å². The summed E-state index contributed by atoms with van der Waals surface area (Å²) >= 11 is 3.15. The maximum absolute atomic E-state index is 9.59. The summed E-state index contributed by atoms with van der Waals surface area (Å²) in [4.78, 5) is 4.52. The highest BCUT2D eigenvalue weighted by atomic mass is 32.2. The number of aromatic nitrogens is 1. The lowest BCUT2D eigenvalue weighted by atomic mass is 10.00. The Bertz CT molecular complexity index is 856. The van der Waals surface area contributed by atoms with Crippen molar-refractivity contribution < 1.29 is 5.21 Å². The number of pyridine rings is 1. The van der Waals surface area contributed by atoms with E-state index in [0.29, 0.717) is 5.71 Å². The first-order valence-electron chi connectivity index (χ1n) is 7.07. The van der Waals surface area contributed by atoms with Crippen LogP contribution in [0.3, 0.4) is 0 Å². The van der Waals surface area contributed by atoms with Crippen molar-refractivity contribution in [1.29, 1.82) is 0 Å². The van der Waals surface area contributed by atoms with Crippen LogP contribution in [-0.4, -0.2) is 28.4 Å². The van der Waals surface area contributed by atoms with Crippen molar-refractivity contribution in [2.24, 2.45) is 5.16 Å². The fourth-order valence-electron chi connectivity index (χ4n) is 2.45. The van der Waals surface area contributed by atoms with Crippen molar-refractivity contribution in [3.8, 4) is 0 Å². The van der Waals surface area contributed by atoms with Crippen LogP contribution >= 0.6 is 23.5 Å². The molecule has 0 fully saturated rings. The van der Waals surface area contributed by atoms with Gasteiger partial charge in [-0.1, -0.05) is 41.6 Å². The molecule has 0 aliphatic carbocycles. The molecular formula is C18H16N2OS2. The normalized spacial score (nSPS) is 11.8. The van der Waals surface area contributed by atoms with Gasteiger partial charge in [-0.3, -0.25) is 0 Å². The van der Waals surface area contributed by atoms with Crippen LogP contribution in [0.15, 0.2) is 69.8 Å². The van der Waals surface area contributed by atoms with Gasteiger partial charge in [0.15, 0.2) is 0 Å². The smallest absolute Gasteiger partial charge is 0.117 e. The van der Waals surface area contributed by atoms with Gasteiger partial charge in [0, 0.05) is 11.1 Å². The maximum atomic E-state index is 9.59. The van der Waals surface area contributed by atoms with Gasteiger partial charge >= 0.3 is 0 Å². The Hall–Kier alpha value is -1.98. The number of nitrogens with zero attached hydrogens (tertiary/aromatic N) is 2. The highest BCUT2D eigenvalue weighted by Crippen LogP contribution is 2.24. The molecule has 0 bridgehead atoms. The van der Waals surface area contributed by atoms with Crippen molar-refractivity contribution in [1.82, 2.24) is 4.98 Å². The Morgan fingerprint density at radius 3 is 2.13 bits per heavy atom. The Balaban J connectivity index is 2.11. The number of thioether (sulfide) groups is 2. The molecule has 2 aromatic carbocycles. The molecule has 3 aromatic rings. The first-order chi connectivity index (χ1) is 11.2. The van der Waals surface area contributed by atoms with E-state index in [1.165, 1.54) is 0 Å². The van der Waals surface area contributed by atoms with E-state index in [9.17, 15) is 5.21 Å². The van der Waals surface area contributed by atoms with Crippen molar-refractivity contribution >= 4 is 40.0 Å². The summed E-state index contributed by atoms with van der Waals surface area (Å²) in [6, 6.07) is 18.1. The highest BCUT2D eigenvalue weighted by Gasteiger charge is 2.12. The van der Waals surface area contributed by atoms with Crippen LogP contribution in [0.2, 0.25) is 0 Å². The van der Waals surface area contributed by atoms with Gasteiger partial charge in [0.1, 0.15) is 5.71 Å². The van der Waals surface area contributed by atoms with Crippen LogP contribution in [0.5, 0.6) is 0 Å². The lowest BCUT2D eigenvalue weighted by Gasteiger charge is -2.09. The zero-order valence-electron chi connectivity index (χ0n) is 12.9. The van der Waals surface area contributed by atoms with Crippen molar-refractivity contribution in [3.63, 3.8) is 0 Å². The molecule has 0 aliphatic rings. The van der Waals surface area contributed by atoms with Gasteiger partial charge in [-0.05, 0) is 41.5 Å². The van der Waals surface area contributed by atoms with E-state index >= 15 is 0 Å². The number of oxime groups is 1. The fraction of sp³-hybridized carbons (Fsp3) is 0.111. The van der Waals surface area contributed by atoms with E-state index in [4.69, 9.17) is 0 Å². The van der Waals surface area contributed by atoms with Crippen LogP contribution in [-0.2, 0) is 0 Å². The molecule has 0 aliphatic heterocycles. The summed E-state index contributed by atoms with van der Waals surface area (Å²) in [7, 11) is 0. The number of benzene rings is 2. The van der Waals surface area contributed by atoms with Crippen LogP contribution < -0.4 is 0 Å². The van der Waals surface area contributed by atoms with Gasteiger partial charge < -0.3 is 5.21 Å². The Labute approximate surface area is 143 Å². The quantitative estimate of drug-likeness (QED) is 0.317. The summed E-state index contributed by atoms with van der Waals surface area (Å²) < 4.78 is 0. The molecule has 0 spiro atoms. The molecule has 0 amide bonds. The summed E-state index contributed by atoms with van der Waals surface area (Å²) in [5.74, 6) is 0. The Kier molecular flexibility index (Phi) is 4.88. The minimum absolute atomic E-state index is 0.559. The van der Waals surface area contributed by atoms with E-state index in [-0.39, 0.29) is 0 Å². The molecule has 1 N–H and O–H groups in total. The molecule has 0 saturated heterocycles. The minimum Gasteiger partial charge on any atom is -0.410 e. The zero-order valence-corrected chi connectivity index (χ0v) is 14.5. The largest absolute Gasteiger partial charge is 0.410 e. The minimum atomic E-state index is 0.559. The Morgan fingerprint density at radius 2 is 1.52 bits per heavy atom. The fourth-order valence-corrected chi connectivity index (χ4v) is 3.37. The summed E-state index contributed by atoms with van der Waals surface area (Å²) in [5.41, 5.74) is 2.31.